The lowest BCUT2D eigenvalue weighted by molar-refractivity contribution is -0.136. The molecule has 1 aliphatic carbocycles. The van der Waals surface area contributed by atoms with E-state index in [1.807, 2.05) is 6.07 Å². The van der Waals surface area contributed by atoms with Gasteiger partial charge in [-0.2, -0.15) is 15.0 Å². The SMILES string of the molecule is Nc1nc(OCC2CCCCC2)nc2c1nc(O)n2Cc1cccc(CC(=O)O)c1. The molecule has 0 spiro atoms. The van der Waals surface area contributed by atoms with Crippen LogP contribution in [-0.4, -0.2) is 42.3 Å². The van der Waals surface area contributed by atoms with E-state index in [1.165, 1.54) is 23.8 Å². The van der Waals surface area contributed by atoms with Gasteiger partial charge in [-0.25, -0.2) is 0 Å². The molecule has 0 aliphatic heterocycles. The zero-order valence-electron chi connectivity index (χ0n) is 16.6. The van der Waals surface area contributed by atoms with Gasteiger partial charge in [0.2, 0.25) is 0 Å². The van der Waals surface area contributed by atoms with Crippen molar-refractivity contribution in [1.29, 1.82) is 0 Å². The molecule has 9 heteroatoms. The van der Waals surface area contributed by atoms with Crippen LogP contribution in [0.1, 0.15) is 43.2 Å². The average Bonchev–Trinajstić information content (AvgIpc) is 3.03. The fourth-order valence-electron chi connectivity index (χ4n) is 3.94. The molecular weight excluding hydrogens is 386 g/mol. The third kappa shape index (κ3) is 4.45. The molecule has 2 aromatic heterocycles. The number of aromatic hydroxyl groups is 1. The van der Waals surface area contributed by atoms with E-state index in [1.54, 1.807) is 18.2 Å². The molecule has 9 nitrogen and oxygen atoms in total. The smallest absolute Gasteiger partial charge is 0.320 e. The Balaban J connectivity index is 1.59. The van der Waals surface area contributed by atoms with Gasteiger partial charge in [0, 0.05) is 0 Å². The van der Waals surface area contributed by atoms with Gasteiger partial charge in [0.15, 0.2) is 17.0 Å². The van der Waals surface area contributed by atoms with E-state index in [4.69, 9.17) is 15.6 Å². The van der Waals surface area contributed by atoms with Crippen molar-refractivity contribution in [2.45, 2.75) is 45.1 Å². The summed E-state index contributed by atoms with van der Waals surface area (Å²) in [4.78, 5) is 23.7. The Morgan fingerprint density at radius 3 is 2.70 bits per heavy atom. The van der Waals surface area contributed by atoms with Crippen LogP contribution in [-0.2, 0) is 17.8 Å². The van der Waals surface area contributed by atoms with Crippen LogP contribution in [0.15, 0.2) is 24.3 Å². The quantitative estimate of drug-likeness (QED) is 0.540. The molecule has 1 fully saturated rings. The van der Waals surface area contributed by atoms with Crippen LogP contribution in [0.4, 0.5) is 5.82 Å². The molecule has 1 aliphatic rings. The van der Waals surface area contributed by atoms with Gasteiger partial charge in [0.25, 0.3) is 6.01 Å². The predicted octanol–water partition coefficient (Wildman–Crippen LogP) is 2.75. The number of carboxylic acids is 1. The van der Waals surface area contributed by atoms with E-state index in [2.05, 4.69) is 15.0 Å². The minimum absolute atomic E-state index is 0.0707. The van der Waals surface area contributed by atoms with Crippen molar-refractivity contribution in [2.75, 3.05) is 12.3 Å². The Morgan fingerprint density at radius 2 is 1.93 bits per heavy atom. The molecule has 158 valence electrons. The second-order valence-electron chi connectivity index (χ2n) is 7.77. The zero-order valence-corrected chi connectivity index (χ0v) is 16.6. The third-order valence-corrected chi connectivity index (χ3v) is 5.44. The number of imidazole rings is 1. The summed E-state index contributed by atoms with van der Waals surface area (Å²) in [6, 6.07) is 7.10. The highest BCUT2D eigenvalue weighted by Gasteiger charge is 2.19. The normalized spacial score (nSPS) is 14.8. The lowest BCUT2D eigenvalue weighted by Crippen LogP contribution is -2.16. The second kappa shape index (κ2) is 8.56. The molecule has 0 amide bonds. The number of carbonyl (C=O) groups is 1. The standard InChI is InChI=1S/C21H25N5O4/c22-18-17-19(25-20(24-18)30-12-13-5-2-1-3-6-13)26(21(29)23-17)11-15-8-4-7-14(9-15)10-16(27)28/h4,7-9,13H,1-3,5-6,10-12H2,(H,23,29)(H,27,28)(H2,22,24,25). The first-order chi connectivity index (χ1) is 14.5. The van der Waals surface area contributed by atoms with Crippen molar-refractivity contribution in [2.24, 2.45) is 5.92 Å². The van der Waals surface area contributed by atoms with Crippen LogP contribution in [0.5, 0.6) is 12.0 Å². The van der Waals surface area contributed by atoms with E-state index >= 15 is 0 Å². The van der Waals surface area contributed by atoms with Gasteiger partial charge in [-0.15, -0.1) is 0 Å². The van der Waals surface area contributed by atoms with Crippen LogP contribution >= 0.6 is 0 Å². The summed E-state index contributed by atoms with van der Waals surface area (Å²) >= 11 is 0. The number of anilines is 1. The Labute approximate surface area is 173 Å². The highest BCUT2D eigenvalue weighted by molar-refractivity contribution is 5.83. The maximum absolute atomic E-state index is 11.0. The van der Waals surface area contributed by atoms with E-state index in [9.17, 15) is 9.90 Å². The van der Waals surface area contributed by atoms with E-state index < -0.39 is 5.97 Å². The van der Waals surface area contributed by atoms with Gasteiger partial charge in [0.05, 0.1) is 19.6 Å². The molecule has 1 aromatic carbocycles. The fraction of sp³-hybridized carbons (Fsp3) is 0.429. The van der Waals surface area contributed by atoms with Gasteiger partial charge >= 0.3 is 12.0 Å². The van der Waals surface area contributed by atoms with Crippen LogP contribution < -0.4 is 10.5 Å². The highest BCUT2D eigenvalue weighted by Crippen LogP contribution is 2.27. The molecule has 0 unspecified atom stereocenters. The van der Waals surface area contributed by atoms with Gasteiger partial charge in [0.1, 0.15) is 0 Å². The molecule has 0 bridgehead atoms. The number of nitrogen functional groups attached to an aromatic ring is 1. The Morgan fingerprint density at radius 1 is 1.17 bits per heavy atom. The molecule has 3 aromatic rings. The molecule has 2 heterocycles. The number of benzene rings is 1. The van der Waals surface area contributed by atoms with Crippen molar-refractivity contribution in [3.8, 4) is 12.0 Å². The van der Waals surface area contributed by atoms with Gasteiger partial charge in [-0.3, -0.25) is 9.36 Å². The number of aliphatic carboxylic acids is 1. The molecular formula is C21H25N5O4. The maximum Gasteiger partial charge on any atom is 0.320 e. The predicted molar refractivity (Wildman–Crippen MR) is 110 cm³/mol. The highest BCUT2D eigenvalue weighted by atomic mass is 16.5. The molecule has 0 radical (unpaired) electrons. The van der Waals surface area contributed by atoms with Crippen molar-refractivity contribution < 1.29 is 19.7 Å². The summed E-state index contributed by atoms with van der Waals surface area (Å²) < 4.78 is 7.34. The van der Waals surface area contributed by atoms with Crippen LogP contribution in [0.3, 0.4) is 0 Å². The minimum atomic E-state index is -0.900. The zero-order chi connectivity index (χ0) is 21.1. The number of fused-ring (bicyclic) bond motifs is 1. The number of carboxylic acid groups (broad SMARTS) is 1. The third-order valence-electron chi connectivity index (χ3n) is 5.44. The summed E-state index contributed by atoms with van der Waals surface area (Å²) in [5.41, 5.74) is 8.20. The average molecular weight is 411 g/mol. The first kappa shape index (κ1) is 19.9. The second-order valence-corrected chi connectivity index (χ2v) is 7.77. The maximum atomic E-state index is 11.0. The van der Waals surface area contributed by atoms with Crippen LogP contribution in [0.25, 0.3) is 11.2 Å². The topological polar surface area (TPSA) is 136 Å². The number of nitrogens with zero attached hydrogens (tertiary/aromatic N) is 4. The largest absolute Gasteiger partial charge is 0.481 e. The monoisotopic (exact) mass is 411 g/mol. The van der Waals surface area contributed by atoms with Crippen molar-refractivity contribution in [3.05, 3.63) is 35.4 Å². The Kier molecular flexibility index (Phi) is 5.69. The molecule has 4 rings (SSSR count). The molecule has 0 atom stereocenters. The first-order valence-corrected chi connectivity index (χ1v) is 10.1. The van der Waals surface area contributed by atoms with Gasteiger partial charge < -0.3 is 20.7 Å². The lowest BCUT2D eigenvalue weighted by atomic mass is 9.90. The number of ether oxygens (including phenoxy) is 1. The Bertz CT molecular complexity index is 1060. The van der Waals surface area contributed by atoms with Crippen molar-refractivity contribution >= 4 is 23.0 Å². The van der Waals surface area contributed by atoms with E-state index in [-0.39, 0.29) is 30.8 Å². The number of hydrogen-bond acceptors (Lipinski definition) is 7. The first-order valence-electron chi connectivity index (χ1n) is 10.1. The summed E-state index contributed by atoms with van der Waals surface area (Å²) in [7, 11) is 0. The molecule has 4 N–H and O–H groups in total. The molecule has 0 saturated heterocycles. The fourth-order valence-corrected chi connectivity index (χ4v) is 3.94. The lowest BCUT2D eigenvalue weighted by Gasteiger charge is -2.21. The van der Waals surface area contributed by atoms with Crippen molar-refractivity contribution in [3.63, 3.8) is 0 Å². The summed E-state index contributed by atoms with van der Waals surface area (Å²) in [5, 5.41) is 19.4. The van der Waals surface area contributed by atoms with Gasteiger partial charge in [-0.1, -0.05) is 43.5 Å². The van der Waals surface area contributed by atoms with E-state index in [0.717, 1.165) is 18.4 Å². The summed E-state index contributed by atoms with van der Waals surface area (Å²) in [5.74, 6) is -0.259. The number of aromatic nitrogens is 4. The number of nitrogens with two attached hydrogens (primary N) is 1. The van der Waals surface area contributed by atoms with Crippen LogP contribution in [0, 0.1) is 5.92 Å². The molecule has 30 heavy (non-hydrogen) atoms. The van der Waals surface area contributed by atoms with E-state index in [0.29, 0.717) is 29.3 Å². The van der Waals surface area contributed by atoms with Crippen LogP contribution in [0.2, 0.25) is 0 Å². The summed E-state index contributed by atoms with van der Waals surface area (Å²) in [6.45, 7) is 0.802. The summed E-state index contributed by atoms with van der Waals surface area (Å²) in [6.07, 6.45) is 5.93. The minimum Gasteiger partial charge on any atom is -0.481 e. The number of hydrogen-bond donors (Lipinski definition) is 3. The number of rotatable bonds is 7. The Hall–Kier alpha value is -3.36. The molecule has 1 saturated carbocycles. The van der Waals surface area contributed by atoms with Gasteiger partial charge in [-0.05, 0) is 29.9 Å². The van der Waals surface area contributed by atoms with Crippen molar-refractivity contribution in [1.82, 2.24) is 19.5 Å².